The molecule has 0 aliphatic carbocycles. The molecule has 5 nitrogen and oxygen atoms in total. The molecular weight excluding hydrogens is 328 g/mol. The summed E-state index contributed by atoms with van der Waals surface area (Å²) in [5, 5.41) is 6.06. The van der Waals surface area contributed by atoms with Crippen LogP contribution in [0, 0.1) is 5.92 Å². The first-order valence-electron chi connectivity index (χ1n) is 8.35. The molecule has 1 rings (SSSR count). The van der Waals surface area contributed by atoms with Crippen LogP contribution in [0.2, 0.25) is 5.02 Å². The van der Waals surface area contributed by atoms with E-state index in [1.807, 2.05) is 0 Å². The van der Waals surface area contributed by atoms with Crippen LogP contribution in [0.5, 0.6) is 5.75 Å². The van der Waals surface area contributed by atoms with Gasteiger partial charge in [0, 0.05) is 25.6 Å². The maximum absolute atomic E-state index is 11.9. The summed E-state index contributed by atoms with van der Waals surface area (Å²) >= 11 is 6.17. The van der Waals surface area contributed by atoms with Crippen molar-refractivity contribution in [2.45, 2.75) is 46.5 Å². The van der Waals surface area contributed by atoms with Gasteiger partial charge in [-0.3, -0.25) is 9.59 Å². The molecule has 134 valence electrons. The monoisotopic (exact) mass is 354 g/mol. The van der Waals surface area contributed by atoms with Crippen LogP contribution in [-0.4, -0.2) is 25.0 Å². The Balaban J connectivity index is 2.31. The summed E-state index contributed by atoms with van der Waals surface area (Å²) in [5.74, 6) is 0.985. The smallest absolute Gasteiger partial charge is 0.224 e. The van der Waals surface area contributed by atoms with Gasteiger partial charge in [-0.1, -0.05) is 31.9 Å². The molecule has 0 radical (unpaired) electrons. The summed E-state index contributed by atoms with van der Waals surface area (Å²) in [7, 11) is 0. The molecule has 0 heterocycles. The number of carbonyl (C=O) groups is 2. The lowest BCUT2D eigenvalue weighted by atomic mass is 10.2. The first-order valence-corrected chi connectivity index (χ1v) is 8.73. The third-order valence-corrected chi connectivity index (χ3v) is 3.54. The molecule has 0 fully saturated rings. The lowest BCUT2D eigenvalue weighted by Crippen LogP contribution is -2.20. The average Bonchev–Trinajstić information content (AvgIpc) is 2.49. The number of carbonyl (C=O) groups excluding carboxylic acids is 2. The van der Waals surface area contributed by atoms with Crippen LogP contribution >= 0.6 is 11.6 Å². The van der Waals surface area contributed by atoms with Gasteiger partial charge in [0.05, 0.1) is 11.6 Å². The highest BCUT2D eigenvalue weighted by atomic mass is 35.5. The molecule has 6 heteroatoms. The van der Waals surface area contributed by atoms with Crippen LogP contribution in [0.1, 0.15) is 46.5 Å². The maximum Gasteiger partial charge on any atom is 0.224 e. The van der Waals surface area contributed by atoms with E-state index >= 15 is 0 Å². The van der Waals surface area contributed by atoms with Crippen molar-refractivity contribution in [1.82, 2.24) is 5.32 Å². The number of unbranched alkanes of at least 4 members (excludes halogenated alkanes) is 2. The van der Waals surface area contributed by atoms with Gasteiger partial charge in [0.25, 0.3) is 0 Å². The van der Waals surface area contributed by atoms with Crippen LogP contribution in [0.25, 0.3) is 0 Å². The van der Waals surface area contributed by atoms with Crippen molar-refractivity contribution in [3.05, 3.63) is 23.2 Å². The van der Waals surface area contributed by atoms with Gasteiger partial charge in [0.1, 0.15) is 5.75 Å². The molecule has 2 amide bonds. The number of amides is 2. The summed E-state index contributed by atoms with van der Waals surface area (Å²) in [6, 6.07) is 5.26. The van der Waals surface area contributed by atoms with Crippen LogP contribution in [0.3, 0.4) is 0 Å². The molecule has 0 unspecified atom stereocenters. The molecule has 0 spiro atoms. The maximum atomic E-state index is 11.9. The summed E-state index contributed by atoms with van der Waals surface area (Å²) in [6.45, 7) is 6.89. The zero-order valence-electron chi connectivity index (χ0n) is 14.7. The van der Waals surface area contributed by atoms with Crippen molar-refractivity contribution in [2.75, 3.05) is 18.5 Å². The van der Waals surface area contributed by atoms with Crippen molar-refractivity contribution in [1.29, 1.82) is 0 Å². The van der Waals surface area contributed by atoms with Gasteiger partial charge < -0.3 is 15.4 Å². The Labute approximate surface area is 149 Å². The Morgan fingerprint density at radius 2 is 1.96 bits per heavy atom. The summed E-state index contributed by atoms with van der Waals surface area (Å²) in [4.78, 5) is 22.6. The average molecular weight is 355 g/mol. The minimum atomic E-state index is -0.0403. The molecule has 1 aromatic carbocycles. The largest absolute Gasteiger partial charge is 0.492 e. The van der Waals surface area contributed by atoms with E-state index in [-0.39, 0.29) is 11.8 Å². The van der Waals surface area contributed by atoms with E-state index in [9.17, 15) is 9.59 Å². The highest BCUT2D eigenvalue weighted by molar-refractivity contribution is 6.32. The molecule has 0 bridgehead atoms. The zero-order valence-corrected chi connectivity index (χ0v) is 15.4. The Kier molecular flexibility index (Phi) is 9.23. The minimum Gasteiger partial charge on any atom is -0.492 e. The van der Waals surface area contributed by atoms with Crippen molar-refractivity contribution in [3.8, 4) is 5.75 Å². The molecule has 0 aliphatic rings. The number of hydrogen-bond donors (Lipinski definition) is 2. The second-order valence-electron chi connectivity index (χ2n) is 6.19. The highest BCUT2D eigenvalue weighted by Crippen LogP contribution is 2.28. The molecule has 0 saturated carbocycles. The van der Waals surface area contributed by atoms with E-state index in [1.165, 1.54) is 6.92 Å². The second-order valence-corrected chi connectivity index (χ2v) is 6.60. The lowest BCUT2D eigenvalue weighted by molar-refractivity contribution is -0.119. The highest BCUT2D eigenvalue weighted by Gasteiger charge is 2.07. The van der Waals surface area contributed by atoms with Gasteiger partial charge in [0.2, 0.25) is 11.8 Å². The van der Waals surface area contributed by atoms with Crippen molar-refractivity contribution < 1.29 is 14.3 Å². The van der Waals surface area contributed by atoms with E-state index in [1.54, 1.807) is 18.2 Å². The molecule has 2 N–H and O–H groups in total. The van der Waals surface area contributed by atoms with Crippen molar-refractivity contribution >= 4 is 29.1 Å². The van der Waals surface area contributed by atoms with Gasteiger partial charge in [-0.25, -0.2) is 0 Å². The van der Waals surface area contributed by atoms with E-state index in [0.29, 0.717) is 41.9 Å². The van der Waals surface area contributed by atoms with Gasteiger partial charge >= 0.3 is 0 Å². The third-order valence-electron chi connectivity index (χ3n) is 3.24. The van der Waals surface area contributed by atoms with Gasteiger partial charge in [-0.2, -0.15) is 0 Å². The number of hydrogen-bond acceptors (Lipinski definition) is 3. The van der Waals surface area contributed by atoms with E-state index < -0.39 is 0 Å². The van der Waals surface area contributed by atoms with Crippen molar-refractivity contribution in [3.63, 3.8) is 0 Å². The SMILES string of the molecule is CC(=O)NCCCCCC(=O)Nc1ccc(OCC(C)C)c(Cl)c1. The second kappa shape index (κ2) is 10.9. The summed E-state index contributed by atoms with van der Waals surface area (Å²) < 4.78 is 5.60. The van der Waals surface area contributed by atoms with Gasteiger partial charge in [0.15, 0.2) is 0 Å². The standard InChI is InChI=1S/C18H27ClN2O3/c1-13(2)12-24-17-9-8-15(11-16(17)19)21-18(23)7-5-4-6-10-20-14(3)22/h8-9,11,13H,4-7,10,12H2,1-3H3,(H,20,22)(H,21,23). The zero-order chi connectivity index (χ0) is 17.9. The summed E-state index contributed by atoms with van der Waals surface area (Å²) in [5.41, 5.74) is 0.667. The Bertz CT molecular complexity index is 547. The molecule has 24 heavy (non-hydrogen) atoms. The molecule has 0 atom stereocenters. The normalized spacial score (nSPS) is 10.5. The van der Waals surface area contributed by atoms with E-state index in [2.05, 4.69) is 24.5 Å². The van der Waals surface area contributed by atoms with E-state index in [4.69, 9.17) is 16.3 Å². The number of rotatable bonds is 10. The quantitative estimate of drug-likeness (QED) is 0.624. The predicted molar refractivity (Wildman–Crippen MR) is 97.6 cm³/mol. The molecule has 0 aromatic heterocycles. The fourth-order valence-corrected chi connectivity index (χ4v) is 2.26. The minimum absolute atomic E-state index is 0.0227. The fourth-order valence-electron chi connectivity index (χ4n) is 2.03. The van der Waals surface area contributed by atoms with Gasteiger partial charge in [-0.15, -0.1) is 0 Å². The first-order chi connectivity index (χ1) is 11.4. The summed E-state index contributed by atoms with van der Waals surface area (Å²) in [6.07, 6.45) is 3.01. The van der Waals surface area contributed by atoms with Crippen LogP contribution < -0.4 is 15.4 Å². The number of ether oxygens (including phenoxy) is 1. The Hall–Kier alpha value is -1.75. The Morgan fingerprint density at radius 3 is 2.58 bits per heavy atom. The molecule has 0 saturated heterocycles. The van der Waals surface area contributed by atoms with Crippen LogP contribution in [0.15, 0.2) is 18.2 Å². The topological polar surface area (TPSA) is 67.4 Å². The molecule has 1 aromatic rings. The predicted octanol–water partition coefficient (Wildman–Crippen LogP) is 4.01. The van der Waals surface area contributed by atoms with Crippen molar-refractivity contribution in [2.24, 2.45) is 5.92 Å². The lowest BCUT2D eigenvalue weighted by Gasteiger charge is -2.12. The fraction of sp³-hybridized carbons (Fsp3) is 0.556. The third kappa shape index (κ3) is 8.77. The first kappa shape index (κ1) is 20.3. The molecular formula is C18H27ClN2O3. The van der Waals surface area contributed by atoms with Crippen LogP contribution in [-0.2, 0) is 9.59 Å². The Morgan fingerprint density at radius 1 is 1.21 bits per heavy atom. The number of halogens is 1. The number of nitrogens with one attached hydrogen (secondary N) is 2. The van der Waals surface area contributed by atoms with Crippen LogP contribution in [0.4, 0.5) is 5.69 Å². The van der Waals surface area contributed by atoms with E-state index in [0.717, 1.165) is 19.3 Å². The number of benzene rings is 1. The number of anilines is 1. The molecule has 0 aliphatic heterocycles. The van der Waals surface area contributed by atoms with Gasteiger partial charge in [-0.05, 0) is 37.0 Å².